The molecule has 0 spiro atoms. The fraction of sp³-hybridized carbons (Fsp3) is 0.0800. The summed E-state index contributed by atoms with van der Waals surface area (Å²) in [5.41, 5.74) is 8.00. The van der Waals surface area contributed by atoms with Crippen LogP contribution in [-0.4, -0.2) is 10.9 Å². The summed E-state index contributed by atoms with van der Waals surface area (Å²) in [5.74, 6) is 0.637. The summed E-state index contributed by atoms with van der Waals surface area (Å²) in [7, 11) is 0. The van der Waals surface area contributed by atoms with Crippen molar-refractivity contribution in [3.63, 3.8) is 0 Å². The fourth-order valence-corrected chi connectivity index (χ4v) is 4.32. The number of halogens is 1. The van der Waals surface area contributed by atoms with Crippen molar-refractivity contribution in [1.82, 2.24) is 4.98 Å². The van der Waals surface area contributed by atoms with E-state index in [2.05, 4.69) is 23.3 Å². The van der Waals surface area contributed by atoms with E-state index in [1.807, 2.05) is 49.4 Å². The molecule has 2 aromatic carbocycles. The highest BCUT2D eigenvalue weighted by Crippen LogP contribution is 2.41. The van der Waals surface area contributed by atoms with Gasteiger partial charge in [0.05, 0.1) is 34.5 Å². The highest BCUT2D eigenvalue weighted by atomic mass is 35.5. The number of rotatable bonds is 2. The minimum absolute atomic E-state index is 0.0685. The van der Waals surface area contributed by atoms with Gasteiger partial charge in [0.1, 0.15) is 5.82 Å². The van der Waals surface area contributed by atoms with Gasteiger partial charge in [-0.3, -0.25) is 4.79 Å². The number of pyridine rings is 1. The Bertz CT molecular complexity index is 1380. The Balaban J connectivity index is 1.79. The smallest absolute Gasteiger partial charge is 0.228 e. The van der Waals surface area contributed by atoms with Gasteiger partial charge in [0.25, 0.3) is 0 Å². The number of hydrogen-bond acceptors (Lipinski definition) is 4. The first-order valence-corrected chi connectivity index (χ1v) is 10.1. The maximum Gasteiger partial charge on any atom is 0.228 e. The van der Waals surface area contributed by atoms with Gasteiger partial charge in [-0.2, -0.15) is 5.26 Å². The SMILES string of the molecule is C=C1C=Cc2cc(-c3cc(Cl)c4c(c3)CC(=O)N4)c(-c3cccc(C#N)c3C)nc2N1. The van der Waals surface area contributed by atoms with Crippen LogP contribution in [0.4, 0.5) is 11.5 Å². The van der Waals surface area contributed by atoms with E-state index in [9.17, 15) is 10.1 Å². The van der Waals surface area contributed by atoms with Crippen molar-refractivity contribution < 1.29 is 4.79 Å². The summed E-state index contributed by atoms with van der Waals surface area (Å²) in [4.78, 5) is 16.8. The molecule has 1 aromatic heterocycles. The van der Waals surface area contributed by atoms with E-state index in [1.165, 1.54) is 0 Å². The second-order valence-corrected chi connectivity index (χ2v) is 8.02. The largest absolute Gasteiger partial charge is 0.340 e. The van der Waals surface area contributed by atoms with Crippen LogP contribution in [0.3, 0.4) is 0 Å². The molecule has 0 radical (unpaired) electrons. The summed E-state index contributed by atoms with van der Waals surface area (Å²) >= 11 is 6.51. The van der Waals surface area contributed by atoms with Crippen LogP contribution in [0.25, 0.3) is 28.5 Å². The second kappa shape index (κ2) is 7.12. The van der Waals surface area contributed by atoms with E-state index in [-0.39, 0.29) is 5.91 Å². The lowest BCUT2D eigenvalue weighted by Gasteiger charge is -2.20. The van der Waals surface area contributed by atoms with E-state index in [1.54, 1.807) is 6.07 Å². The molecule has 0 atom stereocenters. The topological polar surface area (TPSA) is 77.8 Å². The molecule has 2 aliphatic heterocycles. The van der Waals surface area contributed by atoms with Gasteiger partial charge < -0.3 is 10.6 Å². The number of allylic oxidation sites excluding steroid dienone is 1. The number of carbonyl (C=O) groups excluding carboxylic acids is 1. The molecule has 0 unspecified atom stereocenters. The molecular weight excluding hydrogens is 408 g/mol. The summed E-state index contributed by atoms with van der Waals surface area (Å²) in [6, 6.07) is 13.7. The minimum atomic E-state index is -0.0685. The molecule has 2 aliphatic rings. The summed E-state index contributed by atoms with van der Waals surface area (Å²) in [5, 5.41) is 16.0. The molecule has 0 saturated carbocycles. The van der Waals surface area contributed by atoms with Gasteiger partial charge in [-0.15, -0.1) is 0 Å². The van der Waals surface area contributed by atoms with Crippen LogP contribution in [0.15, 0.2) is 54.8 Å². The third-order valence-corrected chi connectivity index (χ3v) is 5.90. The average molecular weight is 425 g/mol. The molecule has 0 aliphatic carbocycles. The molecule has 0 fully saturated rings. The van der Waals surface area contributed by atoms with Gasteiger partial charge in [-0.25, -0.2) is 4.98 Å². The number of nitriles is 1. The van der Waals surface area contributed by atoms with Crippen LogP contribution in [0, 0.1) is 18.3 Å². The van der Waals surface area contributed by atoms with Gasteiger partial charge in [0.2, 0.25) is 5.91 Å². The number of fused-ring (bicyclic) bond motifs is 2. The Morgan fingerprint density at radius 1 is 1.16 bits per heavy atom. The molecule has 31 heavy (non-hydrogen) atoms. The molecular formula is C25H17ClN4O. The zero-order valence-electron chi connectivity index (χ0n) is 16.7. The molecule has 0 saturated heterocycles. The maximum absolute atomic E-state index is 11.9. The zero-order valence-corrected chi connectivity index (χ0v) is 17.5. The lowest BCUT2D eigenvalue weighted by molar-refractivity contribution is -0.115. The molecule has 5 rings (SSSR count). The molecule has 150 valence electrons. The average Bonchev–Trinajstić information content (AvgIpc) is 3.14. The lowest BCUT2D eigenvalue weighted by Crippen LogP contribution is -2.06. The zero-order chi connectivity index (χ0) is 21.7. The Morgan fingerprint density at radius 2 is 2.00 bits per heavy atom. The Labute approximate surface area is 184 Å². The molecule has 1 amide bonds. The van der Waals surface area contributed by atoms with E-state index < -0.39 is 0 Å². The number of nitrogens with zero attached hydrogens (tertiary/aromatic N) is 2. The standard InChI is InChI=1S/C25H17ClN4O/c1-13-6-7-15-9-20(17-8-18-11-22(31)29-23(18)21(26)10-17)24(30-25(15)28-13)19-5-3-4-16(12-27)14(19)2/h3-10H,1,11H2,2H3,(H,28,30)(H,29,31). The van der Waals surface area contributed by atoms with Gasteiger partial charge >= 0.3 is 0 Å². The lowest BCUT2D eigenvalue weighted by atomic mass is 9.92. The number of benzene rings is 2. The van der Waals surface area contributed by atoms with Crippen LogP contribution in [0.5, 0.6) is 0 Å². The maximum atomic E-state index is 11.9. The third-order valence-electron chi connectivity index (χ3n) is 5.60. The number of hydrogen-bond donors (Lipinski definition) is 2. The van der Waals surface area contributed by atoms with E-state index in [0.29, 0.717) is 28.5 Å². The van der Waals surface area contributed by atoms with Crippen LogP contribution >= 0.6 is 11.6 Å². The van der Waals surface area contributed by atoms with Crippen molar-refractivity contribution in [2.75, 3.05) is 10.6 Å². The molecule has 0 bridgehead atoms. The number of nitrogens with one attached hydrogen (secondary N) is 2. The number of aromatic nitrogens is 1. The summed E-state index contributed by atoms with van der Waals surface area (Å²) in [6.07, 6.45) is 4.15. The van der Waals surface area contributed by atoms with E-state index >= 15 is 0 Å². The van der Waals surface area contributed by atoms with E-state index in [4.69, 9.17) is 16.6 Å². The summed E-state index contributed by atoms with van der Waals surface area (Å²) in [6.45, 7) is 5.88. The number of amides is 1. The van der Waals surface area contributed by atoms with Crippen molar-refractivity contribution in [2.24, 2.45) is 0 Å². The van der Waals surface area contributed by atoms with Gasteiger partial charge in [-0.1, -0.05) is 30.3 Å². The molecule has 5 nitrogen and oxygen atoms in total. The monoisotopic (exact) mass is 424 g/mol. The van der Waals surface area contributed by atoms with Crippen molar-refractivity contribution in [2.45, 2.75) is 13.3 Å². The van der Waals surface area contributed by atoms with Crippen LogP contribution in [0.1, 0.15) is 22.3 Å². The Hall–Kier alpha value is -3.88. The van der Waals surface area contributed by atoms with Crippen molar-refractivity contribution in [3.05, 3.63) is 82.0 Å². The number of carbonyl (C=O) groups is 1. The predicted molar refractivity (Wildman–Crippen MR) is 124 cm³/mol. The molecule has 6 heteroatoms. The molecule has 3 aromatic rings. The fourth-order valence-electron chi connectivity index (χ4n) is 4.03. The normalized spacial score (nSPS) is 13.8. The van der Waals surface area contributed by atoms with Crippen molar-refractivity contribution in [1.29, 1.82) is 5.26 Å². The minimum Gasteiger partial charge on any atom is -0.340 e. The third kappa shape index (κ3) is 3.18. The van der Waals surface area contributed by atoms with Gasteiger partial charge in [0, 0.05) is 22.4 Å². The number of anilines is 2. The molecule has 3 heterocycles. The Morgan fingerprint density at radius 3 is 2.81 bits per heavy atom. The molecule has 2 N–H and O–H groups in total. The Kier molecular flexibility index (Phi) is 4.39. The second-order valence-electron chi connectivity index (χ2n) is 7.61. The highest BCUT2D eigenvalue weighted by molar-refractivity contribution is 6.35. The first kappa shape index (κ1) is 19.1. The first-order chi connectivity index (χ1) is 14.9. The van der Waals surface area contributed by atoms with Gasteiger partial charge in [0.15, 0.2) is 0 Å². The van der Waals surface area contributed by atoms with E-state index in [0.717, 1.165) is 44.8 Å². The first-order valence-electron chi connectivity index (χ1n) is 9.76. The highest BCUT2D eigenvalue weighted by Gasteiger charge is 2.24. The van der Waals surface area contributed by atoms with Gasteiger partial charge in [-0.05, 0) is 60.0 Å². The van der Waals surface area contributed by atoms with Crippen LogP contribution < -0.4 is 10.6 Å². The van der Waals surface area contributed by atoms with Crippen molar-refractivity contribution in [3.8, 4) is 28.5 Å². The van der Waals surface area contributed by atoms with Crippen LogP contribution in [-0.2, 0) is 11.2 Å². The predicted octanol–water partition coefficient (Wildman–Crippen LogP) is 5.70. The van der Waals surface area contributed by atoms with Crippen LogP contribution in [0.2, 0.25) is 5.02 Å². The summed E-state index contributed by atoms with van der Waals surface area (Å²) < 4.78 is 0. The quantitative estimate of drug-likeness (QED) is 0.553. The van der Waals surface area contributed by atoms with Crippen molar-refractivity contribution >= 4 is 35.1 Å².